The van der Waals surface area contributed by atoms with Gasteiger partial charge in [-0.3, -0.25) is 4.79 Å². The predicted octanol–water partition coefficient (Wildman–Crippen LogP) is 5.50. The fraction of sp³-hybridized carbons (Fsp3) is 0.632. The summed E-state index contributed by atoms with van der Waals surface area (Å²) >= 11 is 0. The van der Waals surface area contributed by atoms with Crippen molar-refractivity contribution in [1.29, 1.82) is 0 Å². The zero-order valence-corrected chi connectivity index (χ0v) is 12.4. The average Bonchev–Trinajstić information content (AvgIpc) is 2.45. The van der Waals surface area contributed by atoms with Crippen LogP contribution in [0.3, 0.4) is 0 Å². The van der Waals surface area contributed by atoms with Crippen LogP contribution in [0.5, 0.6) is 0 Å². The van der Waals surface area contributed by atoms with Crippen LogP contribution >= 0.6 is 0 Å². The van der Waals surface area contributed by atoms with Crippen LogP contribution < -0.4 is 0 Å². The molecule has 1 aromatic rings. The molecule has 0 N–H and O–H groups in total. The normalized spacial score (nSPS) is 20.6. The van der Waals surface area contributed by atoms with Gasteiger partial charge in [0.05, 0.1) is 0 Å². The van der Waals surface area contributed by atoms with Gasteiger partial charge < -0.3 is 0 Å². The summed E-state index contributed by atoms with van der Waals surface area (Å²) < 4.78 is 0. The lowest BCUT2D eigenvalue weighted by Crippen LogP contribution is -2.10. The average molecular weight is 270 g/mol. The van der Waals surface area contributed by atoms with Crippen molar-refractivity contribution in [3.8, 4) is 0 Å². The zero-order chi connectivity index (χ0) is 13.8. The standard InChI is InChI=1S/C19H26O/c20-19(14-9-15-5-2-1-3-6-15)18-12-10-17(11-13-18)16-7-4-8-16/h10-13,15-16H,1-9,14H2. The molecule has 0 saturated heterocycles. The maximum absolute atomic E-state index is 12.3. The summed E-state index contributed by atoms with van der Waals surface area (Å²) in [4.78, 5) is 12.3. The highest BCUT2D eigenvalue weighted by molar-refractivity contribution is 5.96. The van der Waals surface area contributed by atoms with Crippen LogP contribution in [0.15, 0.2) is 24.3 Å². The number of ketones is 1. The maximum Gasteiger partial charge on any atom is 0.162 e. The van der Waals surface area contributed by atoms with Crippen molar-refractivity contribution in [1.82, 2.24) is 0 Å². The third kappa shape index (κ3) is 3.31. The Balaban J connectivity index is 1.51. The maximum atomic E-state index is 12.3. The number of benzene rings is 1. The zero-order valence-electron chi connectivity index (χ0n) is 12.4. The molecule has 0 spiro atoms. The molecular weight excluding hydrogens is 244 g/mol. The Kier molecular flexibility index (Phi) is 4.54. The summed E-state index contributed by atoms with van der Waals surface area (Å²) in [7, 11) is 0. The third-order valence-corrected chi connectivity index (χ3v) is 5.31. The van der Waals surface area contributed by atoms with E-state index >= 15 is 0 Å². The van der Waals surface area contributed by atoms with Crippen molar-refractivity contribution < 1.29 is 4.79 Å². The molecule has 0 bridgehead atoms. The van der Waals surface area contributed by atoms with Crippen LogP contribution in [0.4, 0.5) is 0 Å². The first-order valence-corrected chi connectivity index (χ1v) is 8.46. The van der Waals surface area contributed by atoms with E-state index in [1.54, 1.807) is 0 Å². The Morgan fingerprint density at radius 2 is 1.60 bits per heavy atom. The fourth-order valence-corrected chi connectivity index (χ4v) is 3.64. The van der Waals surface area contributed by atoms with Crippen LogP contribution in [0.1, 0.15) is 86.0 Å². The summed E-state index contributed by atoms with van der Waals surface area (Å²) in [6.07, 6.45) is 12.7. The second-order valence-electron chi connectivity index (χ2n) is 6.72. The van der Waals surface area contributed by atoms with E-state index in [0.717, 1.165) is 30.2 Å². The van der Waals surface area contributed by atoms with Crippen LogP contribution in [0.2, 0.25) is 0 Å². The molecule has 0 aliphatic heterocycles. The van der Waals surface area contributed by atoms with Gasteiger partial charge in [0.2, 0.25) is 0 Å². The molecule has 1 aromatic carbocycles. The summed E-state index contributed by atoms with van der Waals surface area (Å²) in [6.45, 7) is 0. The van der Waals surface area contributed by atoms with E-state index in [4.69, 9.17) is 0 Å². The summed E-state index contributed by atoms with van der Waals surface area (Å²) in [5.41, 5.74) is 2.35. The second kappa shape index (κ2) is 6.56. The SMILES string of the molecule is O=C(CCC1CCCCC1)c1ccc(C2CCC2)cc1. The van der Waals surface area contributed by atoms with E-state index in [9.17, 15) is 4.79 Å². The van der Waals surface area contributed by atoms with Crippen molar-refractivity contribution in [2.24, 2.45) is 5.92 Å². The fourth-order valence-electron chi connectivity index (χ4n) is 3.64. The molecule has 1 heteroatoms. The summed E-state index contributed by atoms with van der Waals surface area (Å²) in [5, 5.41) is 0. The molecule has 2 fully saturated rings. The first-order valence-electron chi connectivity index (χ1n) is 8.46. The van der Waals surface area contributed by atoms with Gasteiger partial charge in [0.1, 0.15) is 0 Å². The van der Waals surface area contributed by atoms with E-state index < -0.39 is 0 Å². The number of Topliss-reactive ketones (excluding diaryl/α,β-unsaturated/α-hetero) is 1. The first kappa shape index (κ1) is 13.9. The third-order valence-electron chi connectivity index (χ3n) is 5.31. The molecule has 108 valence electrons. The van der Waals surface area contributed by atoms with Crippen LogP contribution in [-0.4, -0.2) is 5.78 Å². The highest BCUT2D eigenvalue weighted by Gasteiger charge is 2.20. The summed E-state index contributed by atoms with van der Waals surface area (Å²) in [5.74, 6) is 1.92. The Hall–Kier alpha value is -1.11. The topological polar surface area (TPSA) is 17.1 Å². The molecule has 0 aromatic heterocycles. The van der Waals surface area contributed by atoms with E-state index in [1.807, 2.05) is 0 Å². The Labute approximate surface area is 122 Å². The lowest BCUT2D eigenvalue weighted by molar-refractivity contribution is 0.0970. The van der Waals surface area contributed by atoms with Crippen LogP contribution in [0, 0.1) is 5.92 Å². The highest BCUT2D eigenvalue weighted by Crippen LogP contribution is 2.36. The number of carbonyl (C=O) groups excluding carboxylic acids is 1. The molecule has 2 aliphatic rings. The molecule has 2 aliphatic carbocycles. The molecule has 20 heavy (non-hydrogen) atoms. The van der Waals surface area contributed by atoms with Crippen molar-refractivity contribution in [2.45, 2.75) is 70.1 Å². The molecule has 0 atom stereocenters. The lowest BCUT2D eigenvalue weighted by atomic mass is 9.80. The van der Waals surface area contributed by atoms with Gasteiger partial charge in [-0.05, 0) is 36.7 Å². The lowest BCUT2D eigenvalue weighted by Gasteiger charge is -2.25. The van der Waals surface area contributed by atoms with Crippen molar-refractivity contribution in [3.05, 3.63) is 35.4 Å². The summed E-state index contributed by atoms with van der Waals surface area (Å²) in [6, 6.07) is 8.46. The van der Waals surface area contributed by atoms with Gasteiger partial charge in [0, 0.05) is 12.0 Å². The Bertz CT molecular complexity index is 435. The van der Waals surface area contributed by atoms with Crippen LogP contribution in [0.25, 0.3) is 0 Å². The number of hydrogen-bond acceptors (Lipinski definition) is 1. The first-order chi connectivity index (χ1) is 9.83. The molecule has 3 rings (SSSR count). The minimum Gasteiger partial charge on any atom is -0.294 e. The molecule has 0 amide bonds. The van der Waals surface area contributed by atoms with E-state index in [2.05, 4.69) is 24.3 Å². The largest absolute Gasteiger partial charge is 0.294 e. The van der Waals surface area contributed by atoms with Gasteiger partial charge in [-0.25, -0.2) is 0 Å². The highest BCUT2D eigenvalue weighted by atomic mass is 16.1. The molecule has 1 nitrogen and oxygen atoms in total. The smallest absolute Gasteiger partial charge is 0.162 e. The number of rotatable bonds is 5. The van der Waals surface area contributed by atoms with Crippen molar-refractivity contribution >= 4 is 5.78 Å². The molecule has 0 heterocycles. The number of carbonyl (C=O) groups is 1. The molecular formula is C19H26O. The van der Waals surface area contributed by atoms with E-state index in [-0.39, 0.29) is 0 Å². The monoisotopic (exact) mass is 270 g/mol. The van der Waals surface area contributed by atoms with E-state index in [0.29, 0.717) is 5.78 Å². The quantitative estimate of drug-likeness (QED) is 0.646. The van der Waals surface area contributed by atoms with Gasteiger partial charge in [0.15, 0.2) is 5.78 Å². The molecule has 0 radical (unpaired) electrons. The molecule has 2 saturated carbocycles. The van der Waals surface area contributed by atoms with Gasteiger partial charge in [-0.1, -0.05) is 62.8 Å². The predicted molar refractivity (Wildman–Crippen MR) is 83.2 cm³/mol. The van der Waals surface area contributed by atoms with Crippen molar-refractivity contribution in [2.75, 3.05) is 0 Å². The van der Waals surface area contributed by atoms with Gasteiger partial charge in [-0.2, -0.15) is 0 Å². The molecule has 0 unspecified atom stereocenters. The Morgan fingerprint density at radius 1 is 0.900 bits per heavy atom. The second-order valence-corrected chi connectivity index (χ2v) is 6.72. The minimum absolute atomic E-state index is 0.343. The minimum atomic E-state index is 0.343. The van der Waals surface area contributed by atoms with Gasteiger partial charge in [-0.15, -0.1) is 0 Å². The van der Waals surface area contributed by atoms with Gasteiger partial charge >= 0.3 is 0 Å². The van der Waals surface area contributed by atoms with Crippen LogP contribution in [-0.2, 0) is 0 Å². The number of hydrogen-bond donors (Lipinski definition) is 0. The van der Waals surface area contributed by atoms with Gasteiger partial charge in [0.25, 0.3) is 0 Å². The van der Waals surface area contributed by atoms with Crippen molar-refractivity contribution in [3.63, 3.8) is 0 Å². The van der Waals surface area contributed by atoms with E-state index in [1.165, 1.54) is 56.9 Å². The Morgan fingerprint density at radius 3 is 2.20 bits per heavy atom.